The molecule has 1 fully saturated rings. The van der Waals surface area contributed by atoms with Crippen LogP contribution < -0.4 is 4.90 Å². The molecule has 0 amide bonds. The van der Waals surface area contributed by atoms with Crippen molar-refractivity contribution in [3.63, 3.8) is 0 Å². The molecule has 1 heteroatoms. The monoisotopic (exact) mass is 801 g/mol. The van der Waals surface area contributed by atoms with Gasteiger partial charge in [0.25, 0.3) is 0 Å². The van der Waals surface area contributed by atoms with Crippen LogP contribution in [-0.4, -0.2) is 0 Å². The van der Waals surface area contributed by atoms with Gasteiger partial charge in [-0.25, -0.2) is 0 Å². The minimum atomic E-state index is -0.157. The van der Waals surface area contributed by atoms with Crippen LogP contribution in [0.5, 0.6) is 0 Å². The number of rotatable bonds is 7. The highest BCUT2D eigenvalue weighted by Gasteiger charge is 2.37. The first-order valence-electron chi connectivity index (χ1n) is 22.9. The average Bonchev–Trinajstić information content (AvgIpc) is 3.49. The van der Waals surface area contributed by atoms with Gasteiger partial charge in [0, 0.05) is 27.9 Å². The Labute approximate surface area is 368 Å². The zero-order chi connectivity index (χ0) is 42.0. The van der Waals surface area contributed by atoms with Crippen LogP contribution in [0.1, 0.15) is 100.0 Å². The van der Waals surface area contributed by atoms with Crippen LogP contribution in [0, 0.1) is 0 Å². The van der Waals surface area contributed by atoms with E-state index in [1.165, 1.54) is 122 Å². The van der Waals surface area contributed by atoms with Crippen molar-refractivity contribution in [3.8, 4) is 55.6 Å². The van der Waals surface area contributed by atoms with E-state index < -0.39 is 0 Å². The molecule has 304 valence electrons. The fourth-order valence-electron chi connectivity index (χ4n) is 11.2. The first kappa shape index (κ1) is 38.5. The second kappa shape index (κ2) is 15.2. The van der Waals surface area contributed by atoms with Gasteiger partial charge in [-0.15, -0.1) is 0 Å². The van der Waals surface area contributed by atoms with Crippen molar-refractivity contribution in [2.24, 2.45) is 0 Å². The smallest absolute Gasteiger partial charge is 0.0465 e. The zero-order valence-electron chi connectivity index (χ0n) is 36.6. The van der Waals surface area contributed by atoms with E-state index in [9.17, 15) is 0 Å². The molecule has 0 saturated heterocycles. The minimum absolute atomic E-state index is 0.00275. The van der Waals surface area contributed by atoms with Gasteiger partial charge in [0.2, 0.25) is 0 Å². The van der Waals surface area contributed by atoms with Crippen LogP contribution in [0.15, 0.2) is 182 Å². The molecule has 0 radical (unpaired) electrons. The van der Waals surface area contributed by atoms with Crippen LogP contribution >= 0.6 is 0 Å². The van der Waals surface area contributed by atoms with Crippen molar-refractivity contribution in [1.29, 1.82) is 0 Å². The molecule has 0 N–H and O–H groups in total. The molecule has 0 bridgehead atoms. The molecule has 3 aliphatic rings. The molecule has 8 aromatic carbocycles. The highest BCUT2D eigenvalue weighted by atomic mass is 15.1. The molecule has 0 spiro atoms. The lowest BCUT2D eigenvalue weighted by Crippen LogP contribution is -2.16. The van der Waals surface area contributed by atoms with Gasteiger partial charge in [0.05, 0.1) is 0 Å². The quantitative estimate of drug-likeness (QED) is 0.145. The molecule has 0 atom stereocenters. The lowest BCUT2D eigenvalue weighted by atomic mass is 9.81. The van der Waals surface area contributed by atoms with Crippen molar-refractivity contribution in [2.45, 2.75) is 83.0 Å². The van der Waals surface area contributed by atoms with Crippen molar-refractivity contribution in [3.05, 3.63) is 210 Å². The fourth-order valence-corrected chi connectivity index (χ4v) is 11.2. The molecule has 62 heavy (non-hydrogen) atoms. The summed E-state index contributed by atoms with van der Waals surface area (Å²) in [5.74, 6) is 0.707. The Balaban J connectivity index is 0.951. The first-order valence-corrected chi connectivity index (χ1v) is 22.9. The molecule has 3 aliphatic carbocycles. The molecule has 1 nitrogen and oxygen atoms in total. The third-order valence-corrected chi connectivity index (χ3v) is 14.8. The van der Waals surface area contributed by atoms with Gasteiger partial charge >= 0.3 is 0 Å². The molecular weight excluding hydrogens is 747 g/mol. The van der Waals surface area contributed by atoms with Crippen molar-refractivity contribution in [2.75, 3.05) is 4.90 Å². The topological polar surface area (TPSA) is 3.24 Å². The first-order chi connectivity index (χ1) is 30.2. The Bertz CT molecular complexity index is 2920. The lowest BCUT2D eigenvalue weighted by molar-refractivity contribution is 0.592. The van der Waals surface area contributed by atoms with Gasteiger partial charge < -0.3 is 4.90 Å². The lowest BCUT2D eigenvalue weighted by Gasteiger charge is -2.28. The van der Waals surface area contributed by atoms with E-state index in [0.29, 0.717) is 5.92 Å². The van der Waals surface area contributed by atoms with Crippen molar-refractivity contribution in [1.82, 2.24) is 0 Å². The summed E-state index contributed by atoms with van der Waals surface area (Å²) in [4.78, 5) is 2.43. The van der Waals surface area contributed by atoms with E-state index in [2.05, 4.69) is 215 Å². The van der Waals surface area contributed by atoms with Crippen LogP contribution in [0.4, 0.5) is 17.1 Å². The second-order valence-corrected chi connectivity index (χ2v) is 19.2. The molecule has 1 saturated carbocycles. The Morgan fingerprint density at radius 1 is 0.339 bits per heavy atom. The SMILES string of the molecule is CC1(C)c2ccccc2-c2cc(-c3ccc4c(c3)-c3ccc(N(c5ccc(-c6ccccc6)cc5)c5ccc(-c6ccc(C7CCCCCC7)cc6)cc5)cc3C4(C)C)ccc21. The number of hydrogen-bond acceptors (Lipinski definition) is 1. The number of fused-ring (bicyclic) bond motifs is 6. The molecule has 8 aromatic rings. The van der Waals surface area contributed by atoms with Crippen molar-refractivity contribution >= 4 is 17.1 Å². The predicted octanol–water partition coefficient (Wildman–Crippen LogP) is 17.2. The molecular formula is C61H55N. The van der Waals surface area contributed by atoms with Gasteiger partial charge in [-0.3, -0.25) is 0 Å². The number of nitrogens with zero attached hydrogens (tertiary/aromatic N) is 1. The molecule has 11 rings (SSSR count). The summed E-state index contributed by atoms with van der Waals surface area (Å²) in [7, 11) is 0. The van der Waals surface area contributed by atoms with E-state index in [4.69, 9.17) is 0 Å². The summed E-state index contributed by atoms with van der Waals surface area (Å²) < 4.78 is 0. The summed E-state index contributed by atoms with van der Waals surface area (Å²) in [5.41, 5.74) is 23.3. The third-order valence-electron chi connectivity index (χ3n) is 14.8. The van der Waals surface area contributed by atoms with Crippen molar-refractivity contribution < 1.29 is 0 Å². The summed E-state index contributed by atoms with van der Waals surface area (Å²) in [6, 6.07) is 68.8. The summed E-state index contributed by atoms with van der Waals surface area (Å²) in [6.45, 7) is 9.50. The Morgan fingerprint density at radius 2 is 0.774 bits per heavy atom. The van der Waals surface area contributed by atoms with E-state index in [0.717, 1.165) is 17.1 Å². The Morgan fingerprint density at radius 3 is 1.35 bits per heavy atom. The summed E-state index contributed by atoms with van der Waals surface area (Å²) in [6.07, 6.45) is 8.15. The third kappa shape index (κ3) is 6.53. The molecule has 0 unspecified atom stereocenters. The minimum Gasteiger partial charge on any atom is -0.310 e. The average molecular weight is 802 g/mol. The van der Waals surface area contributed by atoms with E-state index in [-0.39, 0.29) is 10.8 Å². The normalized spacial score (nSPS) is 15.9. The second-order valence-electron chi connectivity index (χ2n) is 19.2. The van der Waals surface area contributed by atoms with Gasteiger partial charge in [0.15, 0.2) is 0 Å². The molecule has 0 aromatic heterocycles. The number of anilines is 3. The van der Waals surface area contributed by atoms with E-state index in [1.807, 2.05) is 0 Å². The fraction of sp³-hybridized carbons (Fsp3) is 0.213. The maximum atomic E-state index is 2.45. The zero-order valence-corrected chi connectivity index (χ0v) is 36.6. The molecule has 0 heterocycles. The number of benzene rings is 8. The van der Waals surface area contributed by atoms with Crippen LogP contribution in [-0.2, 0) is 10.8 Å². The standard InChI is InChI=1S/C61H55N/c1-60(2)56-19-13-12-18-52(56)54-38-47(28-36-57(54)60)48-29-37-58-55(39-48)53-35-34-51(40-59(53)61(58,3)4)62(49-30-24-45(25-31-49)42-16-10-7-11-17-42)50-32-26-46(27-33-50)44-22-20-43(21-23-44)41-14-8-5-6-9-15-41/h7,10-13,16-41H,5-6,8-9,14-15H2,1-4H3. The number of hydrogen-bond donors (Lipinski definition) is 0. The maximum absolute atomic E-state index is 2.45. The van der Waals surface area contributed by atoms with Crippen LogP contribution in [0.25, 0.3) is 55.6 Å². The van der Waals surface area contributed by atoms with E-state index in [1.54, 1.807) is 0 Å². The summed E-state index contributed by atoms with van der Waals surface area (Å²) in [5, 5.41) is 0. The van der Waals surface area contributed by atoms with Crippen LogP contribution in [0.3, 0.4) is 0 Å². The largest absolute Gasteiger partial charge is 0.310 e. The predicted molar refractivity (Wildman–Crippen MR) is 263 cm³/mol. The van der Waals surface area contributed by atoms with E-state index >= 15 is 0 Å². The van der Waals surface area contributed by atoms with Gasteiger partial charge in [-0.1, -0.05) is 187 Å². The van der Waals surface area contributed by atoms with Gasteiger partial charge in [0.1, 0.15) is 0 Å². The highest BCUT2D eigenvalue weighted by molar-refractivity contribution is 5.90. The Hall–Kier alpha value is -6.44. The van der Waals surface area contributed by atoms with Gasteiger partial charge in [-0.2, -0.15) is 0 Å². The highest BCUT2D eigenvalue weighted by Crippen LogP contribution is 2.53. The summed E-state index contributed by atoms with van der Waals surface area (Å²) >= 11 is 0. The molecule has 0 aliphatic heterocycles. The van der Waals surface area contributed by atoms with Crippen LogP contribution in [0.2, 0.25) is 0 Å². The maximum Gasteiger partial charge on any atom is 0.0465 e. The Kier molecular flexibility index (Phi) is 9.42. The van der Waals surface area contributed by atoms with Gasteiger partial charge in [-0.05, 0) is 151 Å².